The summed E-state index contributed by atoms with van der Waals surface area (Å²) in [5.41, 5.74) is 0.128. The van der Waals surface area contributed by atoms with Crippen LogP contribution in [-0.2, 0) is 24.2 Å². The molecule has 10 heteroatoms. The fourth-order valence-corrected chi connectivity index (χ4v) is 17.1. The maximum atomic E-state index is 13.6. The lowest BCUT2D eigenvalue weighted by Crippen LogP contribution is -2.69. The number of hydrogen-bond donors (Lipinski definition) is 3. The quantitative estimate of drug-likeness (QED) is 0.197. The van der Waals surface area contributed by atoms with Crippen LogP contribution in [-0.4, -0.2) is 90.4 Å². The largest absolute Gasteiger partial charge is 0.481 e. The summed E-state index contributed by atoms with van der Waals surface area (Å²) in [7, 11) is -2.99. The summed E-state index contributed by atoms with van der Waals surface area (Å²) in [5.74, 6) is 2.35. The van der Waals surface area contributed by atoms with Gasteiger partial charge in [0.05, 0.1) is 23.5 Å². The molecule has 3 N–H and O–H groups in total. The number of nitrogens with one attached hydrogen (secondary N) is 1. The Balaban J connectivity index is 1.10. The van der Waals surface area contributed by atoms with Crippen LogP contribution in [0.4, 0.5) is 0 Å². The third kappa shape index (κ3) is 6.58. The van der Waals surface area contributed by atoms with E-state index in [0.717, 1.165) is 25.7 Å². The maximum Gasteiger partial charge on any atom is 0.310 e. The van der Waals surface area contributed by atoms with E-state index in [0.29, 0.717) is 55.1 Å². The lowest BCUT2D eigenvalue weighted by molar-refractivity contribution is -0.248. The van der Waals surface area contributed by atoms with Gasteiger partial charge in [-0.05, 0) is 134 Å². The number of sulfone groups is 1. The van der Waals surface area contributed by atoms with Crippen molar-refractivity contribution in [1.82, 2.24) is 10.2 Å². The Morgan fingerprint density at radius 3 is 2.11 bits per heavy atom. The summed E-state index contributed by atoms with van der Waals surface area (Å²) < 4.78 is 31.0. The molecule has 6 saturated carbocycles. The number of fused-ring (bicyclic) bond motifs is 7. The summed E-state index contributed by atoms with van der Waals surface area (Å²) >= 11 is 0. The number of hydrogen-bond acceptors (Lipinski definition) is 8. The number of carboxylic acid groups (broad SMARTS) is 1. The van der Waals surface area contributed by atoms with Crippen LogP contribution in [0.15, 0.2) is 0 Å². The lowest BCUT2D eigenvalue weighted by atomic mass is 9.32. The predicted molar refractivity (Wildman–Crippen MR) is 216 cm³/mol. The molecule has 1 aliphatic heterocycles. The van der Waals surface area contributed by atoms with Crippen LogP contribution in [0.3, 0.4) is 0 Å². The van der Waals surface area contributed by atoms with E-state index in [4.69, 9.17) is 4.74 Å². The fourth-order valence-electron chi connectivity index (χ4n) is 15.9. The second kappa shape index (κ2) is 13.9. The number of carbonyl (C=O) groups excluding carboxylic acids is 1. The standard InChI is InChI=1S/C45H76N2O7S/c1-27(2)29-13-18-45(46-26-32(28(3)48)47-21-23-55(52,53)24-22-47)20-19-43(9)30(37(29)45)11-12-34-42(8)16-15-35(41(6,7)33(42)14-17-44(34,43)10)54-39(51)38-31(25-36(49)50)40(38,4)5/h27-35,37-38,46,48H,11-26H2,1-10H3,(H,49,50)/t28-,29+,30-,31-,32-,33+,34-,35+,37-,38-,42+,43-,44-,45+/m1/s1. The van der Waals surface area contributed by atoms with E-state index in [-0.39, 0.29) is 80.5 Å². The molecule has 0 spiro atoms. The zero-order valence-electron chi connectivity index (χ0n) is 36.0. The molecule has 0 radical (unpaired) electrons. The highest BCUT2D eigenvalue weighted by atomic mass is 32.2. The Labute approximate surface area is 333 Å². The van der Waals surface area contributed by atoms with Crippen molar-refractivity contribution in [2.24, 2.45) is 74.4 Å². The van der Waals surface area contributed by atoms with E-state index >= 15 is 0 Å². The van der Waals surface area contributed by atoms with Crippen molar-refractivity contribution < 1.29 is 33.0 Å². The van der Waals surface area contributed by atoms with Crippen molar-refractivity contribution in [3.05, 3.63) is 0 Å². The van der Waals surface area contributed by atoms with E-state index in [1.807, 2.05) is 20.8 Å². The van der Waals surface area contributed by atoms with Crippen molar-refractivity contribution in [2.75, 3.05) is 31.1 Å². The molecule has 14 atom stereocenters. The first-order chi connectivity index (χ1) is 25.5. The van der Waals surface area contributed by atoms with Gasteiger partial charge in [-0.3, -0.25) is 14.5 Å². The van der Waals surface area contributed by atoms with Crippen molar-refractivity contribution >= 4 is 21.8 Å². The number of esters is 1. The van der Waals surface area contributed by atoms with Gasteiger partial charge >= 0.3 is 11.9 Å². The van der Waals surface area contributed by atoms with Crippen LogP contribution < -0.4 is 5.32 Å². The highest BCUT2D eigenvalue weighted by Crippen LogP contribution is 2.76. The van der Waals surface area contributed by atoms with Crippen LogP contribution >= 0.6 is 0 Å². The number of nitrogens with zero attached hydrogens (tertiary/aromatic N) is 1. The molecule has 7 fully saturated rings. The number of carbonyl (C=O) groups is 2. The van der Waals surface area contributed by atoms with Gasteiger partial charge in [0.1, 0.15) is 6.10 Å². The maximum absolute atomic E-state index is 13.6. The van der Waals surface area contributed by atoms with Gasteiger partial charge in [0, 0.05) is 43.1 Å². The molecule has 7 aliphatic rings. The van der Waals surface area contributed by atoms with Crippen molar-refractivity contribution in [3.63, 3.8) is 0 Å². The zero-order valence-corrected chi connectivity index (χ0v) is 36.8. The summed E-state index contributed by atoms with van der Waals surface area (Å²) in [6.07, 6.45) is 10.9. The highest BCUT2D eigenvalue weighted by molar-refractivity contribution is 7.91. The molecule has 6 aliphatic carbocycles. The number of aliphatic hydroxyl groups is 1. The number of aliphatic hydroxyl groups excluding tert-OH is 1. The van der Waals surface area contributed by atoms with Gasteiger partial charge in [0.25, 0.3) is 0 Å². The summed E-state index contributed by atoms with van der Waals surface area (Å²) in [5, 5.41) is 24.7. The molecule has 0 aromatic carbocycles. The Hall–Kier alpha value is -1.23. The monoisotopic (exact) mass is 789 g/mol. The Bertz CT molecular complexity index is 1600. The normalized spacial score (nSPS) is 46.7. The number of rotatable bonds is 10. The average Bonchev–Trinajstić information content (AvgIpc) is 3.40. The number of ether oxygens (including phenoxy) is 1. The number of carboxylic acids is 1. The highest BCUT2D eigenvalue weighted by Gasteiger charge is 2.71. The minimum atomic E-state index is -2.99. The SMILES string of the molecule is CC(C)[C@@H]1CC[C@]2(NC[C@H]([C@@H](C)O)N3CCS(=O)(=O)CC3)CC[C@]3(C)[C@H](CC[C@@H]4[C@@]5(C)CC[C@H](OC(=O)[C@H]6[C@@H](CC(=O)O)C6(C)C)C(C)(C)[C@@H]5CC[C@]43C)[C@@H]12. The van der Waals surface area contributed by atoms with Crippen molar-refractivity contribution in [1.29, 1.82) is 0 Å². The summed E-state index contributed by atoms with van der Waals surface area (Å²) in [6, 6.07) is -0.0971. The first kappa shape index (κ1) is 41.9. The van der Waals surface area contributed by atoms with Gasteiger partial charge in [-0.1, -0.05) is 62.3 Å². The van der Waals surface area contributed by atoms with Crippen LogP contribution in [0.2, 0.25) is 0 Å². The molecule has 1 heterocycles. The summed E-state index contributed by atoms with van der Waals surface area (Å²) in [6.45, 7) is 25.1. The molecule has 7 rings (SSSR count). The molecular weight excluding hydrogens is 713 g/mol. The van der Waals surface area contributed by atoms with Gasteiger partial charge in [-0.25, -0.2) is 8.42 Å². The lowest BCUT2D eigenvalue weighted by Gasteiger charge is -2.73. The van der Waals surface area contributed by atoms with Crippen LogP contribution in [0.25, 0.3) is 0 Å². The minimum absolute atomic E-state index is 0.0206. The molecule has 0 amide bonds. The third-order valence-electron chi connectivity index (χ3n) is 19.3. The van der Waals surface area contributed by atoms with E-state index < -0.39 is 21.9 Å². The second-order valence-electron chi connectivity index (χ2n) is 22.5. The van der Waals surface area contributed by atoms with Crippen molar-refractivity contribution in [3.8, 4) is 0 Å². The van der Waals surface area contributed by atoms with Crippen LogP contribution in [0.5, 0.6) is 0 Å². The van der Waals surface area contributed by atoms with Crippen molar-refractivity contribution in [2.45, 2.75) is 164 Å². The topological polar surface area (TPSA) is 133 Å². The van der Waals surface area contributed by atoms with E-state index in [1.165, 1.54) is 38.5 Å². The van der Waals surface area contributed by atoms with Gasteiger partial charge in [0.2, 0.25) is 0 Å². The summed E-state index contributed by atoms with van der Waals surface area (Å²) in [4.78, 5) is 27.4. The molecule has 314 valence electrons. The minimum Gasteiger partial charge on any atom is -0.481 e. The fraction of sp³-hybridized carbons (Fsp3) is 0.956. The van der Waals surface area contributed by atoms with E-state index in [9.17, 15) is 28.2 Å². The third-order valence-corrected chi connectivity index (χ3v) is 20.9. The first-order valence-electron chi connectivity index (χ1n) is 22.2. The van der Waals surface area contributed by atoms with Gasteiger partial charge < -0.3 is 20.3 Å². The average molecular weight is 789 g/mol. The van der Waals surface area contributed by atoms with Crippen LogP contribution in [0.1, 0.15) is 140 Å². The van der Waals surface area contributed by atoms with Gasteiger partial charge in [-0.2, -0.15) is 0 Å². The number of aliphatic carboxylic acids is 1. The Morgan fingerprint density at radius 2 is 1.49 bits per heavy atom. The molecule has 0 aromatic heterocycles. The molecule has 1 saturated heterocycles. The molecule has 0 aromatic rings. The zero-order chi connectivity index (χ0) is 40.3. The smallest absolute Gasteiger partial charge is 0.310 e. The Kier molecular flexibility index (Phi) is 10.6. The molecule has 9 nitrogen and oxygen atoms in total. The van der Waals surface area contributed by atoms with E-state index in [1.54, 1.807) is 0 Å². The predicted octanol–water partition coefficient (Wildman–Crippen LogP) is 7.20. The molecule has 0 bridgehead atoms. The Morgan fingerprint density at radius 1 is 0.818 bits per heavy atom. The molecule has 0 unspecified atom stereocenters. The van der Waals surface area contributed by atoms with Gasteiger partial charge in [0.15, 0.2) is 9.84 Å². The molecule has 55 heavy (non-hydrogen) atoms. The first-order valence-corrected chi connectivity index (χ1v) is 24.1. The second-order valence-corrected chi connectivity index (χ2v) is 24.8. The van der Waals surface area contributed by atoms with E-state index in [2.05, 4.69) is 58.7 Å². The van der Waals surface area contributed by atoms with Gasteiger partial charge in [-0.15, -0.1) is 0 Å². The molecular formula is C45H76N2O7S. The van der Waals surface area contributed by atoms with Crippen LogP contribution in [0, 0.1) is 74.4 Å².